The second-order valence-corrected chi connectivity index (χ2v) is 13.5. The fourth-order valence-electron chi connectivity index (χ4n) is 0. The molecule has 126 valence electrons. The monoisotopic (exact) mass is 1040 g/mol. The van der Waals surface area contributed by atoms with Crippen molar-refractivity contribution in [2.24, 2.45) is 0 Å². The molecule has 0 aliphatic carbocycles. The maximum atomic E-state index is 9.26. The van der Waals surface area contributed by atoms with E-state index < -0.39 is 23.1 Å². The Morgan fingerprint density at radius 2 is 0.381 bits per heavy atom. The van der Waals surface area contributed by atoms with Crippen molar-refractivity contribution >= 4 is 90.3 Å². The summed E-state index contributed by atoms with van der Waals surface area (Å²) >= 11 is 21.7. The first-order chi connectivity index (χ1) is 6.00. The minimum absolute atomic E-state index is 0. The van der Waals surface area contributed by atoms with Crippen molar-refractivity contribution in [1.29, 1.82) is 0 Å². The average Bonchev–Trinajstić information content (AvgIpc) is 1.41. The summed E-state index contributed by atoms with van der Waals surface area (Å²) in [4.78, 5) is 0. The summed E-state index contributed by atoms with van der Waals surface area (Å²) in [6, 6.07) is 0. The van der Waals surface area contributed by atoms with E-state index in [9.17, 15) is 27.3 Å². The number of hydrogen-bond acceptors (Lipinski definition) is 12. The Bertz CT molecular complexity index is 360. The fraction of sp³-hybridized carbons (Fsp3) is 0. The molecule has 6 nitrogen and oxygen atoms in total. The van der Waals surface area contributed by atoms with E-state index in [0.717, 1.165) is 0 Å². The molecule has 0 aromatic heterocycles. The van der Waals surface area contributed by atoms with Crippen LogP contribution in [0.15, 0.2) is 0 Å². The Labute approximate surface area is 266 Å². The molecule has 0 amide bonds. The van der Waals surface area contributed by atoms with Crippen LogP contribution in [0, 0.1) is 0 Å². The van der Waals surface area contributed by atoms with Gasteiger partial charge in [-0.3, -0.25) is 0 Å². The molecule has 21 heteroatoms. The molecule has 21 heavy (non-hydrogen) atoms. The minimum Gasteiger partial charge on any atom is -0.801 e. The van der Waals surface area contributed by atoms with Gasteiger partial charge in [-0.05, 0) is 0 Å². The molecule has 0 atom stereocenters. The zero-order valence-corrected chi connectivity index (χ0v) is 29.9. The summed E-state index contributed by atoms with van der Waals surface area (Å²) < 4.78 is 55.6. The third kappa shape index (κ3) is 325. The van der Waals surface area contributed by atoms with Crippen LogP contribution < -0.4 is 88.7 Å². The minimum atomic E-state index is -3.50. The van der Waals surface area contributed by atoms with Gasteiger partial charge in [0.2, 0.25) is 0 Å². The van der Waals surface area contributed by atoms with Crippen LogP contribution in [0.2, 0.25) is 0 Å². The molecule has 0 N–H and O–H groups in total. The van der Waals surface area contributed by atoms with E-state index in [1.165, 1.54) is 0 Å². The van der Waals surface area contributed by atoms with Crippen LogP contribution in [-0.2, 0) is 157 Å². The third-order valence-corrected chi connectivity index (χ3v) is 0. The molecule has 0 spiro atoms. The first-order valence-electron chi connectivity index (χ1n) is 2.00. The SMILES string of the molecule is [Au+].[Au+].[Au+].[Na+].[Na+].[Na+].[O-]S([O-])(=S)=S.[O-]S([O-])(=S)=S.[O-]S([O-])(=S)=S. The van der Waals surface area contributed by atoms with E-state index in [0.29, 0.717) is 0 Å². The van der Waals surface area contributed by atoms with E-state index in [1.807, 2.05) is 0 Å². The average molecular weight is 1040 g/mol. The van der Waals surface area contributed by atoms with E-state index in [2.05, 4.69) is 67.1 Å². The van der Waals surface area contributed by atoms with E-state index in [1.54, 1.807) is 0 Å². The van der Waals surface area contributed by atoms with Crippen LogP contribution in [0.25, 0.3) is 0 Å². The Morgan fingerprint density at radius 3 is 0.381 bits per heavy atom. The van der Waals surface area contributed by atoms with Gasteiger partial charge in [0.15, 0.2) is 0 Å². The maximum absolute atomic E-state index is 9.26. The van der Waals surface area contributed by atoms with Gasteiger partial charge in [-0.15, -0.1) is 0 Å². The summed E-state index contributed by atoms with van der Waals surface area (Å²) in [7, 11) is -10.5. The van der Waals surface area contributed by atoms with Crippen molar-refractivity contribution in [3.63, 3.8) is 0 Å². The molecule has 0 heterocycles. The van der Waals surface area contributed by atoms with Crippen molar-refractivity contribution in [1.82, 2.24) is 0 Å². The summed E-state index contributed by atoms with van der Waals surface area (Å²) in [6.07, 6.45) is 0. The second kappa shape index (κ2) is 29.6. The molecule has 0 rings (SSSR count). The predicted octanol–water partition coefficient (Wildman–Crippen LogP) is -11.0. The van der Waals surface area contributed by atoms with Crippen LogP contribution in [0.5, 0.6) is 0 Å². The van der Waals surface area contributed by atoms with E-state index >= 15 is 0 Å². The van der Waals surface area contributed by atoms with Gasteiger partial charge >= 0.3 is 156 Å². The summed E-state index contributed by atoms with van der Waals surface area (Å²) in [6.45, 7) is 0. The maximum Gasteiger partial charge on any atom is 1.00 e. The fourth-order valence-corrected chi connectivity index (χ4v) is 0. The van der Waals surface area contributed by atoms with Gasteiger partial charge in [0.25, 0.3) is 0 Å². The molecule has 0 saturated carbocycles. The van der Waals surface area contributed by atoms with Gasteiger partial charge in [-0.25, -0.2) is 23.1 Å². The Morgan fingerprint density at radius 1 is 0.381 bits per heavy atom. The quantitative estimate of drug-likeness (QED) is 0.213. The standard InChI is InChI=1S/3Au.3Na.3H2O2S3/c;;;;;;3*1-5(2,3)4/h;;;;;;3*(H2,1,2,3,4)/q6*+1;;;/p-6. The van der Waals surface area contributed by atoms with E-state index in [-0.39, 0.29) is 156 Å². The van der Waals surface area contributed by atoms with Crippen LogP contribution in [0.3, 0.4) is 0 Å². The topological polar surface area (TPSA) is 138 Å². The van der Waals surface area contributed by atoms with Crippen molar-refractivity contribution in [3.8, 4) is 0 Å². The zero-order chi connectivity index (χ0) is 13.5. The van der Waals surface area contributed by atoms with Gasteiger partial charge in [0.05, 0.1) is 0 Å². The molecule has 0 bridgehead atoms. The molecule has 0 radical (unpaired) electrons. The Kier molecular flexibility index (Phi) is 79.7. The van der Waals surface area contributed by atoms with Gasteiger partial charge in [-0.1, -0.05) is 67.1 Å². The first-order valence-corrected chi connectivity index (χ1v) is 12.0. The van der Waals surface area contributed by atoms with Gasteiger partial charge in [-0.2, -0.15) is 0 Å². The normalized spacial score (nSPS) is 8.29. The van der Waals surface area contributed by atoms with Crippen molar-refractivity contribution in [2.45, 2.75) is 0 Å². The molecule has 0 aliphatic rings. The van der Waals surface area contributed by atoms with Crippen molar-refractivity contribution in [2.75, 3.05) is 0 Å². The number of hydrogen-bond donors (Lipinski definition) is 0. The molecule has 0 aromatic rings. The summed E-state index contributed by atoms with van der Waals surface area (Å²) in [5, 5.41) is 0. The first kappa shape index (κ1) is 56.6. The van der Waals surface area contributed by atoms with Gasteiger partial charge in [0.1, 0.15) is 0 Å². The van der Waals surface area contributed by atoms with E-state index in [4.69, 9.17) is 0 Å². The van der Waals surface area contributed by atoms with Crippen LogP contribution >= 0.6 is 0 Å². The Hall–Kier alpha value is 7.35. The van der Waals surface area contributed by atoms with Crippen LogP contribution in [0.1, 0.15) is 0 Å². The van der Waals surface area contributed by atoms with Crippen LogP contribution in [0.4, 0.5) is 0 Å². The Balaban J connectivity index is -0.0000000129. The third-order valence-electron chi connectivity index (χ3n) is 0. The second-order valence-electron chi connectivity index (χ2n) is 1.22. The molecule has 0 aliphatic heterocycles. The predicted molar refractivity (Wildman–Crippen MR) is 70.9 cm³/mol. The van der Waals surface area contributed by atoms with Crippen LogP contribution in [-0.4, -0.2) is 27.3 Å². The molecular weight excluding hydrogens is 1040 g/mol. The largest absolute Gasteiger partial charge is 1.00 e. The van der Waals surface area contributed by atoms with Gasteiger partial charge < -0.3 is 27.3 Å². The van der Waals surface area contributed by atoms with Crippen molar-refractivity contribution < 1.29 is 183 Å². The van der Waals surface area contributed by atoms with Crippen molar-refractivity contribution in [3.05, 3.63) is 0 Å². The number of rotatable bonds is 0. The molecular formula is Au3Na3O6S9. The molecule has 0 saturated heterocycles. The summed E-state index contributed by atoms with van der Waals surface area (Å²) in [5.74, 6) is 0. The smallest absolute Gasteiger partial charge is 0.801 e. The molecule has 0 aromatic carbocycles. The molecule has 0 unspecified atom stereocenters. The zero-order valence-electron chi connectivity index (χ0n) is 10.0. The molecule has 0 fully saturated rings. The summed E-state index contributed by atoms with van der Waals surface area (Å²) in [5.41, 5.74) is 0. The van der Waals surface area contributed by atoms with Gasteiger partial charge in [0, 0.05) is 0 Å².